The van der Waals surface area contributed by atoms with Gasteiger partial charge in [-0.1, -0.05) is 24.3 Å². The number of nitrogens with one attached hydrogen (secondary N) is 1. The zero-order valence-electron chi connectivity index (χ0n) is 14.0. The van der Waals surface area contributed by atoms with E-state index in [9.17, 15) is 4.79 Å². The van der Waals surface area contributed by atoms with E-state index in [1.54, 1.807) is 0 Å². The highest BCUT2D eigenvalue weighted by atomic mass is 32.1. The van der Waals surface area contributed by atoms with Crippen LogP contribution in [-0.4, -0.2) is 29.6 Å². The van der Waals surface area contributed by atoms with Crippen LogP contribution in [0.3, 0.4) is 0 Å². The zero-order chi connectivity index (χ0) is 17.3. The van der Waals surface area contributed by atoms with E-state index in [1.807, 2.05) is 13.8 Å². The van der Waals surface area contributed by atoms with Gasteiger partial charge >= 0.3 is 5.97 Å². The van der Waals surface area contributed by atoms with Crippen LogP contribution in [0.25, 0.3) is 0 Å². The third-order valence-electron chi connectivity index (χ3n) is 4.41. The number of hydrogen-bond acceptors (Lipinski definition) is 4. The first-order valence-electron chi connectivity index (χ1n) is 7.82. The number of carbonyl (C=O) groups excluding carboxylic acids is 1. The second kappa shape index (κ2) is 6.91. The Morgan fingerprint density at radius 1 is 1.29 bits per heavy atom. The van der Waals surface area contributed by atoms with Gasteiger partial charge in [-0.25, -0.2) is 4.79 Å². The summed E-state index contributed by atoms with van der Waals surface area (Å²) in [5.41, 5.74) is 4.22. The van der Waals surface area contributed by atoms with Gasteiger partial charge in [0, 0.05) is 18.0 Å². The largest absolute Gasteiger partial charge is 0.465 e. The highest BCUT2D eigenvalue weighted by molar-refractivity contribution is 7.80. The Bertz CT molecular complexity index is 798. The van der Waals surface area contributed by atoms with Crippen LogP contribution in [0.2, 0.25) is 0 Å². The summed E-state index contributed by atoms with van der Waals surface area (Å²) < 4.78 is 4.92. The van der Waals surface area contributed by atoms with Crippen molar-refractivity contribution in [3.63, 3.8) is 0 Å². The van der Waals surface area contributed by atoms with Crippen LogP contribution in [0.1, 0.15) is 31.9 Å². The number of hydrogen-bond donors (Lipinski definition) is 1. The van der Waals surface area contributed by atoms with Gasteiger partial charge in [-0.15, -0.1) is 11.3 Å². The van der Waals surface area contributed by atoms with E-state index in [1.165, 1.54) is 29.6 Å². The summed E-state index contributed by atoms with van der Waals surface area (Å²) in [6, 6.07) is 8.44. The van der Waals surface area contributed by atoms with Gasteiger partial charge in [-0.05, 0) is 49.2 Å². The topological polar surface area (TPSA) is 41.6 Å². The normalized spacial score (nSPS) is 13.4. The van der Waals surface area contributed by atoms with Crippen molar-refractivity contribution in [2.45, 2.75) is 26.8 Å². The lowest BCUT2D eigenvalue weighted by molar-refractivity contribution is 0.0601. The molecule has 6 heteroatoms. The van der Waals surface area contributed by atoms with Gasteiger partial charge in [0.15, 0.2) is 5.11 Å². The van der Waals surface area contributed by atoms with E-state index in [0.29, 0.717) is 10.7 Å². The molecule has 0 unspecified atom stereocenters. The smallest absolute Gasteiger partial charge is 0.341 e. The predicted octanol–water partition coefficient (Wildman–Crippen LogP) is 3.91. The molecule has 126 valence electrons. The van der Waals surface area contributed by atoms with Crippen LogP contribution < -0.4 is 5.32 Å². The lowest BCUT2D eigenvalue weighted by Crippen LogP contribution is -2.38. The first-order valence-corrected chi connectivity index (χ1v) is 9.04. The van der Waals surface area contributed by atoms with Crippen molar-refractivity contribution in [2.75, 3.05) is 19.0 Å². The SMILES string of the molecule is COC(=O)c1c(NC(=S)N2CCc3ccccc3C2)sc(C)c1C. The molecule has 1 aliphatic rings. The molecular weight excluding hydrogens is 340 g/mol. The van der Waals surface area contributed by atoms with Gasteiger partial charge in [0.05, 0.1) is 12.7 Å². The summed E-state index contributed by atoms with van der Waals surface area (Å²) in [4.78, 5) is 15.3. The first-order chi connectivity index (χ1) is 11.5. The molecular formula is C18H20N2O2S2. The fourth-order valence-electron chi connectivity index (χ4n) is 2.91. The molecule has 0 bridgehead atoms. The fraction of sp³-hybridized carbons (Fsp3) is 0.333. The molecule has 0 amide bonds. The van der Waals surface area contributed by atoms with Crippen LogP contribution in [-0.2, 0) is 17.7 Å². The molecule has 1 aliphatic heterocycles. The van der Waals surface area contributed by atoms with Crippen molar-refractivity contribution in [3.8, 4) is 0 Å². The molecule has 3 rings (SSSR count). The Labute approximate surface area is 151 Å². The Kier molecular flexibility index (Phi) is 4.87. The van der Waals surface area contributed by atoms with E-state index in [4.69, 9.17) is 17.0 Å². The molecule has 4 nitrogen and oxygen atoms in total. The number of anilines is 1. The van der Waals surface area contributed by atoms with Crippen molar-refractivity contribution in [1.29, 1.82) is 0 Å². The van der Waals surface area contributed by atoms with E-state index in [2.05, 4.69) is 34.5 Å². The molecule has 0 spiro atoms. The van der Waals surface area contributed by atoms with Crippen molar-refractivity contribution in [1.82, 2.24) is 4.90 Å². The first kappa shape index (κ1) is 16.9. The molecule has 0 saturated heterocycles. The summed E-state index contributed by atoms with van der Waals surface area (Å²) in [5.74, 6) is -0.328. The number of ether oxygens (including phenoxy) is 1. The fourth-order valence-corrected chi connectivity index (χ4v) is 4.28. The van der Waals surface area contributed by atoms with Gasteiger partial charge in [0.2, 0.25) is 0 Å². The van der Waals surface area contributed by atoms with E-state index in [-0.39, 0.29) is 5.97 Å². The average molecular weight is 361 g/mol. The van der Waals surface area contributed by atoms with Crippen LogP contribution in [0.15, 0.2) is 24.3 Å². The number of carbonyl (C=O) groups is 1. The minimum absolute atomic E-state index is 0.328. The maximum absolute atomic E-state index is 12.1. The lowest BCUT2D eigenvalue weighted by Gasteiger charge is -2.31. The van der Waals surface area contributed by atoms with Crippen molar-refractivity contribution >= 4 is 39.6 Å². The number of nitrogens with zero attached hydrogens (tertiary/aromatic N) is 1. The lowest BCUT2D eigenvalue weighted by atomic mass is 10.0. The number of benzene rings is 1. The maximum atomic E-state index is 12.1. The molecule has 0 fully saturated rings. The number of aryl methyl sites for hydroxylation is 1. The third kappa shape index (κ3) is 3.16. The number of fused-ring (bicyclic) bond motifs is 1. The van der Waals surface area contributed by atoms with Gasteiger partial charge in [-0.2, -0.15) is 0 Å². The number of methoxy groups -OCH3 is 1. The average Bonchev–Trinajstić information content (AvgIpc) is 2.87. The highest BCUT2D eigenvalue weighted by Crippen LogP contribution is 2.33. The maximum Gasteiger partial charge on any atom is 0.341 e. The summed E-state index contributed by atoms with van der Waals surface area (Å²) >= 11 is 7.13. The number of thiophene rings is 1. The third-order valence-corrected chi connectivity index (χ3v) is 5.90. The van der Waals surface area contributed by atoms with Crippen molar-refractivity contribution in [2.24, 2.45) is 0 Å². The molecule has 0 aliphatic carbocycles. The molecule has 2 heterocycles. The van der Waals surface area contributed by atoms with E-state index >= 15 is 0 Å². The summed E-state index contributed by atoms with van der Waals surface area (Å²) in [7, 11) is 1.40. The summed E-state index contributed by atoms with van der Waals surface area (Å²) in [5, 5.41) is 4.68. The molecule has 1 N–H and O–H groups in total. The monoisotopic (exact) mass is 360 g/mol. The van der Waals surface area contributed by atoms with Crippen LogP contribution in [0.4, 0.5) is 5.00 Å². The molecule has 0 radical (unpaired) electrons. The van der Waals surface area contributed by atoms with Crippen LogP contribution >= 0.6 is 23.6 Å². The standard InChI is InChI=1S/C18H20N2O2S2/c1-11-12(2)24-16(15(11)17(21)22-3)19-18(23)20-9-8-13-6-4-5-7-14(13)10-20/h4-7H,8-10H2,1-3H3,(H,19,23). The van der Waals surface area contributed by atoms with Crippen LogP contribution in [0, 0.1) is 13.8 Å². The minimum atomic E-state index is -0.328. The summed E-state index contributed by atoms with van der Waals surface area (Å²) in [6.07, 6.45) is 0.977. The molecule has 24 heavy (non-hydrogen) atoms. The second-order valence-corrected chi connectivity index (χ2v) is 7.46. The zero-order valence-corrected chi connectivity index (χ0v) is 15.6. The predicted molar refractivity (Wildman–Crippen MR) is 102 cm³/mol. The molecule has 1 aromatic carbocycles. The Morgan fingerprint density at radius 2 is 2.00 bits per heavy atom. The van der Waals surface area contributed by atoms with Crippen molar-refractivity contribution in [3.05, 3.63) is 51.4 Å². The number of thiocarbonyl (C=S) groups is 1. The second-order valence-electron chi connectivity index (χ2n) is 5.85. The number of esters is 1. The quantitative estimate of drug-likeness (QED) is 0.650. The van der Waals surface area contributed by atoms with E-state index < -0.39 is 0 Å². The molecule has 2 aromatic rings. The minimum Gasteiger partial charge on any atom is -0.465 e. The molecule has 0 saturated carbocycles. The molecule has 0 atom stereocenters. The highest BCUT2D eigenvalue weighted by Gasteiger charge is 2.23. The van der Waals surface area contributed by atoms with E-state index in [0.717, 1.165) is 35.0 Å². The molecule has 1 aromatic heterocycles. The Balaban J connectivity index is 1.79. The van der Waals surface area contributed by atoms with Gasteiger partial charge in [-0.3, -0.25) is 0 Å². The van der Waals surface area contributed by atoms with Crippen molar-refractivity contribution < 1.29 is 9.53 Å². The van der Waals surface area contributed by atoms with Gasteiger partial charge in [0.25, 0.3) is 0 Å². The van der Waals surface area contributed by atoms with Crippen LogP contribution in [0.5, 0.6) is 0 Å². The number of rotatable bonds is 2. The van der Waals surface area contributed by atoms with Gasteiger partial charge in [0.1, 0.15) is 5.00 Å². The summed E-state index contributed by atoms with van der Waals surface area (Å²) in [6.45, 7) is 5.60. The van der Waals surface area contributed by atoms with Gasteiger partial charge < -0.3 is 15.0 Å². The Hall–Kier alpha value is -1.92. The Morgan fingerprint density at radius 3 is 2.71 bits per heavy atom.